The van der Waals surface area contributed by atoms with Crippen molar-refractivity contribution in [3.05, 3.63) is 23.2 Å². The molecule has 27 heavy (non-hydrogen) atoms. The third-order valence-corrected chi connectivity index (χ3v) is 5.45. The van der Waals surface area contributed by atoms with Gasteiger partial charge in [0.2, 0.25) is 5.91 Å². The number of piperazine rings is 1. The molecular weight excluding hydrogens is 344 g/mol. The zero-order valence-corrected chi connectivity index (χ0v) is 16.7. The smallest absolute Gasteiger partial charge is 0.290 e. The number of carbonyl (C=O) groups is 2. The maximum Gasteiger partial charge on any atom is 0.290 e. The van der Waals surface area contributed by atoms with Gasteiger partial charge >= 0.3 is 0 Å². The molecule has 3 rings (SSSR count). The number of hydrogen-bond donors (Lipinski definition) is 2. The summed E-state index contributed by atoms with van der Waals surface area (Å²) >= 11 is 0. The van der Waals surface area contributed by atoms with E-state index in [0.29, 0.717) is 25.4 Å². The average molecular weight is 377 g/mol. The third-order valence-electron chi connectivity index (χ3n) is 5.45. The molecule has 1 atom stereocenters. The van der Waals surface area contributed by atoms with Crippen LogP contribution < -0.4 is 10.6 Å². The standard InChI is InChI=1S/C20H32N4O3/c1-4-17-14(13-23(5-2)6-3)11-18(27-17)20(26)24-10-9-21-12-16(24)19(25)22-15-7-8-15/h11,15-16,21H,4-10,12-13H2,1-3H3,(H,22,25)/t16-/m1/s1. The Morgan fingerprint density at radius 2 is 2.04 bits per heavy atom. The van der Waals surface area contributed by atoms with Gasteiger partial charge in [0, 0.05) is 44.2 Å². The zero-order valence-electron chi connectivity index (χ0n) is 16.7. The molecule has 0 unspecified atom stereocenters. The molecule has 1 aromatic rings. The molecule has 0 bridgehead atoms. The van der Waals surface area contributed by atoms with Gasteiger partial charge in [0.15, 0.2) is 5.76 Å². The van der Waals surface area contributed by atoms with E-state index >= 15 is 0 Å². The van der Waals surface area contributed by atoms with Crippen LogP contribution >= 0.6 is 0 Å². The number of nitrogens with zero attached hydrogens (tertiary/aromatic N) is 2. The molecule has 1 aromatic heterocycles. The molecule has 150 valence electrons. The number of furan rings is 1. The Labute approximate surface area is 161 Å². The fourth-order valence-corrected chi connectivity index (χ4v) is 3.54. The molecule has 2 fully saturated rings. The van der Waals surface area contributed by atoms with Crippen LogP contribution in [0.15, 0.2) is 10.5 Å². The van der Waals surface area contributed by atoms with Crippen LogP contribution in [0, 0.1) is 0 Å². The summed E-state index contributed by atoms with van der Waals surface area (Å²) in [5, 5.41) is 6.24. The van der Waals surface area contributed by atoms with E-state index in [9.17, 15) is 9.59 Å². The summed E-state index contributed by atoms with van der Waals surface area (Å²) in [6.45, 7) is 10.7. The highest BCUT2D eigenvalue weighted by Gasteiger charge is 2.36. The van der Waals surface area contributed by atoms with E-state index in [1.165, 1.54) is 0 Å². The van der Waals surface area contributed by atoms with Gasteiger partial charge in [-0.25, -0.2) is 0 Å². The summed E-state index contributed by atoms with van der Waals surface area (Å²) in [5.41, 5.74) is 1.07. The van der Waals surface area contributed by atoms with Crippen LogP contribution in [0.2, 0.25) is 0 Å². The number of amides is 2. The van der Waals surface area contributed by atoms with E-state index in [-0.39, 0.29) is 17.9 Å². The predicted octanol–water partition coefficient (Wildman–Crippen LogP) is 1.38. The van der Waals surface area contributed by atoms with Gasteiger partial charge in [0.1, 0.15) is 11.8 Å². The highest BCUT2D eigenvalue weighted by molar-refractivity contribution is 5.96. The SMILES string of the molecule is CCc1oc(C(=O)N2CCNC[C@@H]2C(=O)NC2CC2)cc1CN(CC)CC. The molecule has 2 heterocycles. The lowest BCUT2D eigenvalue weighted by atomic mass is 10.1. The van der Waals surface area contributed by atoms with Crippen molar-refractivity contribution in [3.8, 4) is 0 Å². The van der Waals surface area contributed by atoms with Crippen LogP contribution in [0.3, 0.4) is 0 Å². The lowest BCUT2D eigenvalue weighted by molar-refractivity contribution is -0.126. The molecule has 1 saturated heterocycles. The fraction of sp³-hybridized carbons (Fsp3) is 0.700. The number of aryl methyl sites for hydroxylation is 1. The largest absolute Gasteiger partial charge is 0.456 e. The second kappa shape index (κ2) is 8.89. The Balaban J connectivity index is 1.76. The minimum absolute atomic E-state index is 0.0660. The molecule has 2 amide bonds. The molecule has 2 N–H and O–H groups in total. The Bertz CT molecular complexity index is 664. The summed E-state index contributed by atoms with van der Waals surface area (Å²) in [5.74, 6) is 0.955. The maximum atomic E-state index is 13.1. The Hall–Kier alpha value is -1.86. The topological polar surface area (TPSA) is 77.8 Å². The fourth-order valence-electron chi connectivity index (χ4n) is 3.54. The number of carbonyl (C=O) groups excluding carboxylic acids is 2. The minimum atomic E-state index is -0.478. The van der Waals surface area contributed by atoms with Gasteiger partial charge in [-0.2, -0.15) is 0 Å². The maximum absolute atomic E-state index is 13.1. The van der Waals surface area contributed by atoms with Crippen LogP contribution in [-0.2, 0) is 17.8 Å². The van der Waals surface area contributed by atoms with Crippen LogP contribution in [0.4, 0.5) is 0 Å². The van der Waals surface area contributed by atoms with Crippen molar-refractivity contribution < 1.29 is 14.0 Å². The molecule has 0 aromatic carbocycles. The van der Waals surface area contributed by atoms with Gasteiger partial charge in [-0.05, 0) is 32.0 Å². The summed E-state index contributed by atoms with van der Waals surface area (Å²) in [4.78, 5) is 29.7. The van der Waals surface area contributed by atoms with Crippen molar-refractivity contribution in [1.29, 1.82) is 0 Å². The summed E-state index contributed by atoms with van der Waals surface area (Å²) in [6, 6.07) is 1.68. The highest BCUT2D eigenvalue weighted by Crippen LogP contribution is 2.22. The molecule has 1 aliphatic heterocycles. The van der Waals surface area contributed by atoms with Crippen molar-refractivity contribution in [2.24, 2.45) is 0 Å². The van der Waals surface area contributed by atoms with Gasteiger partial charge in [0.25, 0.3) is 5.91 Å². The summed E-state index contributed by atoms with van der Waals surface area (Å²) in [7, 11) is 0. The van der Waals surface area contributed by atoms with Crippen molar-refractivity contribution in [2.45, 2.75) is 58.7 Å². The van der Waals surface area contributed by atoms with Crippen molar-refractivity contribution in [1.82, 2.24) is 20.4 Å². The van der Waals surface area contributed by atoms with Crippen molar-refractivity contribution in [3.63, 3.8) is 0 Å². The number of nitrogens with one attached hydrogen (secondary N) is 2. The van der Waals surface area contributed by atoms with Gasteiger partial charge in [-0.1, -0.05) is 20.8 Å². The molecule has 0 radical (unpaired) electrons. The van der Waals surface area contributed by atoms with E-state index in [1.807, 2.05) is 13.0 Å². The summed E-state index contributed by atoms with van der Waals surface area (Å²) in [6.07, 6.45) is 2.82. The van der Waals surface area contributed by atoms with Crippen LogP contribution in [0.5, 0.6) is 0 Å². The molecule has 1 saturated carbocycles. The van der Waals surface area contributed by atoms with Crippen molar-refractivity contribution in [2.75, 3.05) is 32.7 Å². The van der Waals surface area contributed by atoms with Gasteiger partial charge < -0.3 is 20.0 Å². The monoisotopic (exact) mass is 376 g/mol. The lowest BCUT2D eigenvalue weighted by Crippen LogP contribution is -2.59. The highest BCUT2D eigenvalue weighted by atomic mass is 16.4. The van der Waals surface area contributed by atoms with E-state index in [0.717, 1.165) is 50.2 Å². The van der Waals surface area contributed by atoms with Crippen LogP contribution in [0.25, 0.3) is 0 Å². The molecule has 2 aliphatic rings. The number of rotatable bonds is 8. The predicted molar refractivity (Wildman–Crippen MR) is 104 cm³/mol. The van der Waals surface area contributed by atoms with E-state index < -0.39 is 6.04 Å². The van der Waals surface area contributed by atoms with Gasteiger partial charge in [-0.3, -0.25) is 14.5 Å². The first-order valence-electron chi connectivity index (χ1n) is 10.2. The quantitative estimate of drug-likeness (QED) is 0.717. The number of hydrogen-bond acceptors (Lipinski definition) is 5. The average Bonchev–Trinajstić information content (AvgIpc) is 3.42. The normalized spacial score (nSPS) is 20.1. The Kier molecular flexibility index (Phi) is 6.55. The Morgan fingerprint density at radius 1 is 1.30 bits per heavy atom. The van der Waals surface area contributed by atoms with Gasteiger partial charge in [0.05, 0.1) is 0 Å². The molecule has 7 heteroatoms. The second-order valence-electron chi connectivity index (χ2n) is 7.38. The molecule has 0 spiro atoms. The van der Waals surface area contributed by atoms with E-state index in [4.69, 9.17) is 4.42 Å². The van der Waals surface area contributed by atoms with E-state index in [1.54, 1.807) is 4.90 Å². The molecule has 7 nitrogen and oxygen atoms in total. The third kappa shape index (κ3) is 4.71. The summed E-state index contributed by atoms with van der Waals surface area (Å²) < 4.78 is 5.92. The first kappa shape index (κ1) is 19.9. The van der Waals surface area contributed by atoms with Crippen molar-refractivity contribution >= 4 is 11.8 Å². The molecule has 1 aliphatic carbocycles. The minimum Gasteiger partial charge on any atom is -0.456 e. The van der Waals surface area contributed by atoms with Gasteiger partial charge in [-0.15, -0.1) is 0 Å². The first-order valence-corrected chi connectivity index (χ1v) is 10.2. The van der Waals surface area contributed by atoms with Crippen LogP contribution in [-0.4, -0.2) is 66.4 Å². The second-order valence-corrected chi connectivity index (χ2v) is 7.38. The van der Waals surface area contributed by atoms with Crippen LogP contribution in [0.1, 0.15) is 55.5 Å². The lowest BCUT2D eigenvalue weighted by Gasteiger charge is -2.34. The van der Waals surface area contributed by atoms with E-state index in [2.05, 4.69) is 29.4 Å². The zero-order chi connectivity index (χ0) is 19.4. The first-order chi connectivity index (χ1) is 13.1. The molecular formula is C20H32N4O3. The Morgan fingerprint density at radius 3 is 2.67 bits per heavy atom.